The highest BCUT2D eigenvalue weighted by Gasteiger charge is 2.41. The second-order valence-electron chi connectivity index (χ2n) is 9.32. The Morgan fingerprint density at radius 2 is 2.08 bits per heavy atom. The average Bonchev–Trinajstić information content (AvgIpc) is 2.83. The SMILES string of the molecule is CCCC1CC(=O)C2=C(C1)N=C(C)C(C#N)C2c1cc(N)c(OCc2cccc([N+](=O)[O-])c2)c(Br)c1. The van der Waals surface area contributed by atoms with Crippen molar-refractivity contribution < 1.29 is 14.5 Å². The Bertz CT molecular complexity index is 1300. The molecule has 36 heavy (non-hydrogen) atoms. The van der Waals surface area contributed by atoms with E-state index in [0.717, 1.165) is 30.5 Å². The number of Topliss-reactive ketones (excluding diaryl/α,β-unsaturated/α-hetero) is 1. The van der Waals surface area contributed by atoms with Crippen molar-refractivity contribution in [3.63, 3.8) is 0 Å². The maximum absolute atomic E-state index is 13.3. The van der Waals surface area contributed by atoms with Gasteiger partial charge in [-0.15, -0.1) is 0 Å². The van der Waals surface area contributed by atoms with Crippen LogP contribution in [0.2, 0.25) is 0 Å². The fraction of sp³-hybridized carbons (Fsp3) is 0.370. The van der Waals surface area contributed by atoms with Gasteiger partial charge in [0.25, 0.3) is 5.69 Å². The number of hydrogen-bond acceptors (Lipinski definition) is 7. The molecule has 0 radical (unpaired) electrons. The van der Waals surface area contributed by atoms with Gasteiger partial charge in [-0.2, -0.15) is 5.26 Å². The number of aliphatic imine (C=N–C) groups is 1. The summed E-state index contributed by atoms with van der Waals surface area (Å²) in [4.78, 5) is 28.6. The van der Waals surface area contributed by atoms with Crippen LogP contribution < -0.4 is 10.5 Å². The molecule has 8 nitrogen and oxygen atoms in total. The number of nitro groups is 1. The molecule has 186 valence electrons. The van der Waals surface area contributed by atoms with Crippen molar-refractivity contribution in [3.05, 3.63) is 73.4 Å². The number of non-ortho nitro benzene ring substituents is 1. The Hall–Kier alpha value is -3.51. The Morgan fingerprint density at radius 1 is 1.31 bits per heavy atom. The summed E-state index contributed by atoms with van der Waals surface area (Å²) in [5.41, 5.74) is 10.2. The first kappa shape index (κ1) is 25.6. The monoisotopic (exact) mass is 550 g/mol. The van der Waals surface area contributed by atoms with Gasteiger partial charge >= 0.3 is 0 Å². The summed E-state index contributed by atoms with van der Waals surface area (Å²) in [6.45, 7) is 4.04. The zero-order valence-electron chi connectivity index (χ0n) is 20.2. The number of allylic oxidation sites excluding steroid dienone is 2. The molecule has 0 fully saturated rings. The van der Waals surface area contributed by atoms with Gasteiger partial charge in [0.1, 0.15) is 6.61 Å². The largest absolute Gasteiger partial charge is 0.486 e. The summed E-state index contributed by atoms with van der Waals surface area (Å²) in [7, 11) is 0. The van der Waals surface area contributed by atoms with Crippen LogP contribution in [0.3, 0.4) is 0 Å². The van der Waals surface area contributed by atoms with Gasteiger partial charge in [-0.25, -0.2) is 0 Å². The summed E-state index contributed by atoms with van der Waals surface area (Å²) in [6, 6.07) is 12.1. The number of ether oxygens (including phenoxy) is 1. The maximum atomic E-state index is 13.3. The third kappa shape index (κ3) is 5.05. The number of nitriles is 1. The van der Waals surface area contributed by atoms with Crippen LogP contribution in [0.5, 0.6) is 5.75 Å². The molecular weight excluding hydrogens is 524 g/mol. The van der Waals surface area contributed by atoms with E-state index in [1.165, 1.54) is 12.1 Å². The molecule has 2 N–H and O–H groups in total. The van der Waals surface area contributed by atoms with E-state index in [0.29, 0.717) is 39.2 Å². The molecule has 0 bridgehead atoms. The number of hydrogen-bond donors (Lipinski definition) is 1. The predicted molar refractivity (Wildman–Crippen MR) is 141 cm³/mol. The zero-order valence-corrected chi connectivity index (χ0v) is 21.7. The first-order valence-electron chi connectivity index (χ1n) is 11.9. The second kappa shape index (κ2) is 10.6. The standard InChI is InChI=1S/C27H27BrN4O4/c1-3-5-16-9-23-26(24(33)10-16)25(20(13-29)15(2)31-23)18-11-21(28)27(22(30)12-18)36-14-17-6-4-7-19(8-17)32(34)35/h4,6-8,11-12,16,20,25H,3,5,9-10,14,30H2,1-2H3. The van der Waals surface area contributed by atoms with E-state index in [-0.39, 0.29) is 24.0 Å². The molecule has 9 heteroatoms. The van der Waals surface area contributed by atoms with E-state index in [1.54, 1.807) is 18.2 Å². The minimum Gasteiger partial charge on any atom is -0.486 e. The molecule has 0 saturated heterocycles. The number of halogens is 1. The Kier molecular flexibility index (Phi) is 7.55. The predicted octanol–water partition coefficient (Wildman–Crippen LogP) is 6.25. The highest BCUT2D eigenvalue weighted by Crippen LogP contribution is 2.47. The number of ketones is 1. The maximum Gasteiger partial charge on any atom is 0.269 e. The van der Waals surface area contributed by atoms with Crippen LogP contribution >= 0.6 is 15.9 Å². The topological polar surface area (TPSA) is 132 Å². The van der Waals surface area contributed by atoms with Gasteiger partial charge in [0.2, 0.25) is 0 Å². The van der Waals surface area contributed by atoms with Crippen molar-refractivity contribution in [2.24, 2.45) is 16.8 Å². The highest BCUT2D eigenvalue weighted by atomic mass is 79.9. The Balaban J connectivity index is 1.66. The number of nitro benzene ring substituents is 1. The molecule has 2 aromatic carbocycles. The zero-order chi connectivity index (χ0) is 26.0. The lowest BCUT2D eigenvalue weighted by Crippen LogP contribution is -2.32. The first-order valence-corrected chi connectivity index (χ1v) is 12.7. The molecule has 1 heterocycles. The average molecular weight is 551 g/mol. The van der Waals surface area contributed by atoms with Gasteiger partial charge in [-0.3, -0.25) is 19.9 Å². The quantitative estimate of drug-likeness (QED) is 0.246. The number of nitrogens with two attached hydrogens (primary N) is 1. The number of carbonyl (C=O) groups is 1. The summed E-state index contributed by atoms with van der Waals surface area (Å²) in [6.07, 6.45) is 3.19. The molecule has 1 aliphatic heterocycles. The molecule has 2 aliphatic rings. The van der Waals surface area contributed by atoms with Gasteiger partial charge in [0, 0.05) is 41.5 Å². The third-order valence-corrected chi connectivity index (χ3v) is 7.36. The van der Waals surface area contributed by atoms with E-state index in [2.05, 4.69) is 28.9 Å². The van der Waals surface area contributed by atoms with E-state index in [1.807, 2.05) is 13.0 Å². The fourth-order valence-corrected chi connectivity index (χ4v) is 5.77. The molecule has 0 spiro atoms. The number of nitrogen functional groups attached to an aromatic ring is 1. The summed E-state index contributed by atoms with van der Waals surface area (Å²) < 4.78 is 6.49. The molecule has 0 aromatic heterocycles. The van der Waals surface area contributed by atoms with Crippen LogP contribution in [0.15, 0.2) is 57.1 Å². The molecular formula is C27H27BrN4O4. The number of nitrogens with zero attached hydrogens (tertiary/aromatic N) is 3. The van der Waals surface area contributed by atoms with E-state index < -0.39 is 16.8 Å². The summed E-state index contributed by atoms with van der Waals surface area (Å²) in [5, 5.41) is 21.0. The smallest absolute Gasteiger partial charge is 0.269 e. The third-order valence-electron chi connectivity index (χ3n) is 6.77. The molecule has 3 atom stereocenters. The summed E-state index contributed by atoms with van der Waals surface area (Å²) in [5.74, 6) is -0.303. The molecule has 0 saturated carbocycles. The van der Waals surface area contributed by atoms with Crippen molar-refractivity contribution in [1.82, 2.24) is 0 Å². The van der Waals surface area contributed by atoms with Crippen LogP contribution in [0.4, 0.5) is 11.4 Å². The van der Waals surface area contributed by atoms with E-state index in [9.17, 15) is 20.2 Å². The van der Waals surface area contributed by atoms with Crippen molar-refractivity contribution in [2.45, 2.75) is 52.1 Å². The normalized spacial score (nSPS) is 21.4. The minimum atomic E-state index is -0.571. The lowest BCUT2D eigenvalue weighted by atomic mass is 9.70. The van der Waals surface area contributed by atoms with Gasteiger partial charge in [-0.1, -0.05) is 25.5 Å². The summed E-state index contributed by atoms with van der Waals surface area (Å²) >= 11 is 3.54. The second-order valence-corrected chi connectivity index (χ2v) is 10.2. The van der Waals surface area contributed by atoms with Crippen LogP contribution in [0.1, 0.15) is 56.6 Å². The number of rotatable bonds is 7. The molecule has 1 aliphatic carbocycles. The van der Waals surface area contributed by atoms with E-state index in [4.69, 9.17) is 15.5 Å². The van der Waals surface area contributed by atoms with Crippen LogP contribution in [0, 0.1) is 33.3 Å². The highest BCUT2D eigenvalue weighted by molar-refractivity contribution is 9.10. The van der Waals surface area contributed by atoms with E-state index >= 15 is 0 Å². The van der Waals surface area contributed by atoms with Gasteiger partial charge in [0.05, 0.1) is 27.1 Å². The number of benzene rings is 2. The van der Waals surface area contributed by atoms with Crippen LogP contribution in [0.25, 0.3) is 0 Å². The lowest BCUT2D eigenvalue weighted by molar-refractivity contribution is -0.384. The number of carbonyl (C=O) groups excluding carboxylic acids is 1. The van der Waals surface area contributed by atoms with Crippen molar-refractivity contribution >= 4 is 38.8 Å². The molecule has 4 rings (SSSR count). The Labute approximate surface area is 218 Å². The van der Waals surface area contributed by atoms with Crippen molar-refractivity contribution in [2.75, 3.05) is 5.73 Å². The van der Waals surface area contributed by atoms with Gasteiger partial charge in [0.15, 0.2) is 11.5 Å². The number of anilines is 1. The minimum absolute atomic E-state index is 0.0160. The molecule has 3 unspecified atom stereocenters. The van der Waals surface area contributed by atoms with Crippen molar-refractivity contribution in [3.8, 4) is 11.8 Å². The van der Waals surface area contributed by atoms with Crippen molar-refractivity contribution in [1.29, 1.82) is 5.26 Å². The fourth-order valence-electron chi connectivity index (χ4n) is 5.16. The Morgan fingerprint density at radius 3 is 2.75 bits per heavy atom. The van der Waals surface area contributed by atoms with Crippen LogP contribution in [-0.4, -0.2) is 16.4 Å². The van der Waals surface area contributed by atoms with Gasteiger partial charge in [-0.05, 0) is 64.9 Å². The first-order chi connectivity index (χ1) is 17.2. The van der Waals surface area contributed by atoms with Crippen LogP contribution in [-0.2, 0) is 11.4 Å². The molecule has 0 amide bonds. The molecule has 2 aromatic rings. The van der Waals surface area contributed by atoms with Gasteiger partial charge < -0.3 is 10.5 Å². The lowest BCUT2D eigenvalue weighted by Gasteiger charge is -2.35.